The van der Waals surface area contributed by atoms with Crippen molar-refractivity contribution in [1.29, 1.82) is 0 Å². The highest BCUT2D eigenvalue weighted by Crippen LogP contribution is 2.36. The minimum atomic E-state index is 0.312. The van der Waals surface area contributed by atoms with E-state index in [1.807, 2.05) is 30.9 Å². The lowest BCUT2D eigenvalue weighted by Crippen LogP contribution is -2.51. The number of piperidine rings is 2. The smallest absolute Gasteiger partial charge is 0.222 e. The van der Waals surface area contributed by atoms with Gasteiger partial charge in [-0.25, -0.2) is 9.97 Å². The fourth-order valence-corrected chi connectivity index (χ4v) is 4.70. The van der Waals surface area contributed by atoms with Crippen LogP contribution in [0.3, 0.4) is 0 Å². The van der Waals surface area contributed by atoms with Crippen LogP contribution in [0.1, 0.15) is 44.9 Å². The summed E-state index contributed by atoms with van der Waals surface area (Å²) in [6, 6.07) is 3.72. The highest BCUT2D eigenvalue weighted by molar-refractivity contribution is 5.76. The molecule has 1 aromatic heterocycles. The number of nitrogens with zero attached hydrogens (tertiary/aromatic N) is 6. The van der Waals surface area contributed by atoms with Crippen LogP contribution in [-0.4, -0.2) is 84.6 Å². The van der Waals surface area contributed by atoms with Gasteiger partial charge in [-0.15, -0.1) is 0 Å². The van der Waals surface area contributed by atoms with Gasteiger partial charge >= 0.3 is 0 Å². The summed E-state index contributed by atoms with van der Waals surface area (Å²) in [7, 11) is 6.03. The summed E-state index contributed by atoms with van der Waals surface area (Å²) in [4.78, 5) is 30.1. The zero-order chi connectivity index (χ0) is 19.7. The van der Waals surface area contributed by atoms with Crippen molar-refractivity contribution in [3.63, 3.8) is 0 Å². The van der Waals surface area contributed by atoms with E-state index in [-0.39, 0.29) is 0 Å². The van der Waals surface area contributed by atoms with Gasteiger partial charge in [0.2, 0.25) is 5.91 Å². The van der Waals surface area contributed by atoms with Crippen molar-refractivity contribution in [2.75, 3.05) is 50.6 Å². The summed E-state index contributed by atoms with van der Waals surface area (Å²) in [5.41, 5.74) is 0. The quantitative estimate of drug-likeness (QED) is 0.745. The Hall–Kier alpha value is -1.89. The molecule has 0 radical (unpaired) electrons. The van der Waals surface area contributed by atoms with Crippen LogP contribution in [-0.2, 0) is 4.79 Å². The van der Waals surface area contributed by atoms with Crippen molar-refractivity contribution in [3.8, 4) is 0 Å². The lowest BCUT2D eigenvalue weighted by atomic mass is 9.98. The monoisotopic (exact) mass is 386 g/mol. The molecular formula is C21H34N6O. The van der Waals surface area contributed by atoms with Gasteiger partial charge in [0, 0.05) is 71.4 Å². The molecule has 0 bridgehead atoms. The molecule has 1 aliphatic carbocycles. The number of amides is 1. The molecule has 3 aliphatic rings. The largest absolute Gasteiger partial charge is 0.363 e. The molecule has 7 nitrogen and oxygen atoms in total. The van der Waals surface area contributed by atoms with E-state index in [2.05, 4.69) is 25.8 Å². The van der Waals surface area contributed by atoms with Crippen molar-refractivity contribution in [2.45, 2.75) is 63.1 Å². The lowest BCUT2D eigenvalue weighted by Gasteiger charge is -2.42. The van der Waals surface area contributed by atoms with Crippen molar-refractivity contribution < 1.29 is 4.79 Å². The van der Waals surface area contributed by atoms with Crippen LogP contribution in [0.15, 0.2) is 12.4 Å². The van der Waals surface area contributed by atoms with Crippen molar-refractivity contribution in [3.05, 3.63) is 12.4 Å². The second kappa shape index (κ2) is 8.23. The fourth-order valence-electron chi connectivity index (χ4n) is 4.70. The molecule has 28 heavy (non-hydrogen) atoms. The normalized spacial score (nSPS) is 24.5. The van der Waals surface area contributed by atoms with Crippen LogP contribution in [0.4, 0.5) is 11.6 Å². The van der Waals surface area contributed by atoms with Crippen LogP contribution in [0, 0.1) is 0 Å². The predicted octanol–water partition coefficient (Wildman–Crippen LogP) is 1.99. The number of likely N-dealkylation sites (N-methyl/N-ethyl adjacent to an activating group) is 1. The third-order valence-corrected chi connectivity index (χ3v) is 6.59. The zero-order valence-corrected chi connectivity index (χ0v) is 17.5. The molecule has 0 aromatic carbocycles. The fraction of sp³-hybridized carbons (Fsp3) is 0.762. The van der Waals surface area contributed by atoms with Crippen molar-refractivity contribution >= 4 is 17.5 Å². The average Bonchev–Trinajstić information content (AvgIpc) is 3.52. The third-order valence-electron chi connectivity index (χ3n) is 6.59. The van der Waals surface area contributed by atoms with Gasteiger partial charge in [0.15, 0.2) is 0 Å². The Morgan fingerprint density at radius 1 is 1.04 bits per heavy atom. The van der Waals surface area contributed by atoms with Crippen LogP contribution < -0.4 is 9.80 Å². The van der Waals surface area contributed by atoms with E-state index in [0.29, 0.717) is 24.0 Å². The summed E-state index contributed by atoms with van der Waals surface area (Å²) in [5, 5.41) is 0. The van der Waals surface area contributed by atoms with Gasteiger partial charge in [-0.05, 0) is 38.5 Å². The van der Waals surface area contributed by atoms with Gasteiger partial charge in [0.25, 0.3) is 0 Å². The molecule has 7 heteroatoms. The second-order valence-corrected chi connectivity index (χ2v) is 8.85. The molecule has 2 aliphatic heterocycles. The van der Waals surface area contributed by atoms with Crippen LogP contribution in [0.25, 0.3) is 0 Å². The van der Waals surface area contributed by atoms with E-state index in [0.717, 1.165) is 50.5 Å². The Morgan fingerprint density at radius 2 is 1.71 bits per heavy atom. The molecule has 1 unspecified atom stereocenters. The predicted molar refractivity (Wildman–Crippen MR) is 112 cm³/mol. The van der Waals surface area contributed by atoms with Gasteiger partial charge in [0.05, 0.1) is 0 Å². The Kier molecular flexibility index (Phi) is 5.71. The summed E-state index contributed by atoms with van der Waals surface area (Å²) < 4.78 is 0. The summed E-state index contributed by atoms with van der Waals surface area (Å²) >= 11 is 0. The van der Waals surface area contributed by atoms with Gasteiger partial charge < -0.3 is 19.6 Å². The first kappa shape index (κ1) is 19.4. The van der Waals surface area contributed by atoms with Gasteiger partial charge in [-0.1, -0.05) is 0 Å². The molecule has 1 saturated carbocycles. The molecule has 154 valence electrons. The van der Waals surface area contributed by atoms with Crippen molar-refractivity contribution in [2.24, 2.45) is 0 Å². The number of carbonyl (C=O) groups excluding carboxylic acids is 1. The van der Waals surface area contributed by atoms with E-state index in [9.17, 15) is 4.79 Å². The Morgan fingerprint density at radius 3 is 2.39 bits per heavy atom. The Bertz CT molecular complexity index is 683. The Balaban J connectivity index is 1.38. The number of hydrogen-bond acceptors (Lipinski definition) is 6. The maximum absolute atomic E-state index is 12.0. The maximum atomic E-state index is 12.0. The molecule has 4 rings (SSSR count). The van der Waals surface area contributed by atoms with Crippen molar-refractivity contribution in [1.82, 2.24) is 19.8 Å². The number of hydrogen-bond donors (Lipinski definition) is 0. The van der Waals surface area contributed by atoms with Crippen LogP contribution in [0.5, 0.6) is 0 Å². The summed E-state index contributed by atoms with van der Waals surface area (Å²) in [6.45, 7) is 3.24. The minimum Gasteiger partial charge on any atom is -0.363 e. The van der Waals surface area contributed by atoms with Crippen LogP contribution in [0.2, 0.25) is 0 Å². The molecule has 3 heterocycles. The molecule has 1 aromatic rings. The lowest BCUT2D eigenvalue weighted by molar-refractivity contribution is -0.135. The summed E-state index contributed by atoms with van der Waals surface area (Å²) in [6.07, 6.45) is 9.49. The molecule has 1 atom stereocenters. The number of likely N-dealkylation sites (tertiary alicyclic amines) is 2. The number of carbonyl (C=O) groups is 1. The van der Waals surface area contributed by atoms with Crippen LogP contribution >= 0.6 is 0 Å². The maximum Gasteiger partial charge on any atom is 0.222 e. The van der Waals surface area contributed by atoms with E-state index >= 15 is 0 Å². The number of aromatic nitrogens is 2. The second-order valence-electron chi connectivity index (χ2n) is 8.85. The van der Waals surface area contributed by atoms with E-state index in [1.54, 1.807) is 6.33 Å². The molecule has 0 N–H and O–H groups in total. The highest BCUT2D eigenvalue weighted by Gasteiger charge is 2.37. The highest BCUT2D eigenvalue weighted by atomic mass is 16.2. The first-order chi connectivity index (χ1) is 13.5. The molecular weight excluding hydrogens is 352 g/mol. The Labute approximate surface area is 168 Å². The first-order valence-electron chi connectivity index (χ1n) is 10.8. The van der Waals surface area contributed by atoms with Gasteiger partial charge in [0.1, 0.15) is 18.0 Å². The standard InChI is InChI=1S/C21H34N6O/c1-24(2)19-13-20(23-15-22-19)27(16-7-8-16)17-9-11-26(12-10-17)14-18-5-4-6-21(28)25(18)3/h13,15-18H,4-12,14H2,1-3H3. The van der Waals surface area contributed by atoms with Gasteiger partial charge in [-0.2, -0.15) is 0 Å². The third kappa shape index (κ3) is 4.24. The first-order valence-corrected chi connectivity index (χ1v) is 10.8. The zero-order valence-electron chi connectivity index (χ0n) is 17.5. The van der Waals surface area contributed by atoms with Gasteiger partial charge in [-0.3, -0.25) is 4.79 Å². The molecule has 3 fully saturated rings. The molecule has 0 spiro atoms. The number of anilines is 2. The average molecular weight is 387 g/mol. The minimum absolute atomic E-state index is 0.312. The SMILES string of the molecule is CN(C)c1cc(N(C2CC2)C2CCN(CC3CCCC(=O)N3C)CC2)ncn1. The van der Waals surface area contributed by atoms with E-state index < -0.39 is 0 Å². The topological polar surface area (TPSA) is 55.8 Å². The molecule has 1 amide bonds. The molecule has 2 saturated heterocycles. The van der Waals surface area contributed by atoms with E-state index in [1.165, 1.54) is 25.7 Å². The summed E-state index contributed by atoms with van der Waals surface area (Å²) in [5.74, 6) is 2.36. The van der Waals surface area contributed by atoms with E-state index in [4.69, 9.17) is 0 Å². The number of rotatable bonds is 6.